The number of carbonyl (C=O) groups is 2. The molecule has 3 rings (SSSR count). The topological polar surface area (TPSA) is 105 Å². The number of hydrogen-bond donors (Lipinski definition) is 2. The molecule has 126 valence electrons. The minimum Gasteiger partial charge on any atom is -0.478 e. The number of aromatic nitrogens is 2. The zero-order chi connectivity index (χ0) is 17.8. The van der Waals surface area contributed by atoms with Crippen LogP contribution < -0.4 is 5.32 Å². The van der Waals surface area contributed by atoms with E-state index in [2.05, 4.69) is 15.3 Å². The van der Waals surface area contributed by atoms with E-state index >= 15 is 0 Å². The minimum absolute atomic E-state index is 0.0183. The van der Waals surface area contributed by atoms with Gasteiger partial charge in [-0.15, -0.1) is 0 Å². The number of pyridine rings is 1. The second-order valence-electron chi connectivity index (χ2n) is 5.36. The Labute approximate surface area is 143 Å². The number of hydrogen-bond acceptors (Lipinski definition) is 5. The van der Waals surface area contributed by atoms with Gasteiger partial charge in [0.2, 0.25) is 5.89 Å². The summed E-state index contributed by atoms with van der Waals surface area (Å²) in [7, 11) is 0. The molecule has 0 aliphatic heterocycles. The molecule has 3 aromatic rings. The van der Waals surface area contributed by atoms with E-state index in [0.717, 1.165) is 11.8 Å². The Balaban J connectivity index is 1.69. The van der Waals surface area contributed by atoms with Crippen molar-refractivity contribution < 1.29 is 19.1 Å². The lowest BCUT2D eigenvalue weighted by molar-refractivity contribution is 0.0695. The lowest BCUT2D eigenvalue weighted by atomic mass is 10.2. The zero-order valence-corrected chi connectivity index (χ0v) is 13.3. The van der Waals surface area contributed by atoms with E-state index in [1.165, 1.54) is 12.1 Å². The van der Waals surface area contributed by atoms with Crippen LogP contribution in [0.15, 0.2) is 59.3 Å². The Morgan fingerprint density at radius 2 is 1.84 bits per heavy atom. The van der Waals surface area contributed by atoms with Gasteiger partial charge in [0.25, 0.3) is 5.91 Å². The predicted molar refractivity (Wildman–Crippen MR) is 89.0 cm³/mol. The number of oxazole rings is 1. The van der Waals surface area contributed by atoms with Gasteiger partial charge in [0.1, 0.15) is 11.7 Å². The average Bonchev–Trinajstić information content (AvgIpc) is 3.13. The highest BCUT2D eigenvalue weighted by Gasteiger charge is 2.17. The summed E-state index contributed by atoms with van der Waals surface area (Å²) in [6, 6.07) is 11.7. The number of amides is 1. The standard InChI is InChI=1S/C18H15N3O4/c1-11(17-20-10-15(25-17)12-5-3-2-4-6-12)21-16(22)14-8-7-13(9-19-14)18(23)24/h2-11H,1H3,(H,21,22)(H,23,24). The summed E-state index contributed by atoms with van der Waals surface area (Å²) in [5, 5.41) is 11.6. The van der Waals surface area contributed by atoms with Gasteiger partial charge in [-0.25, -0.2) is 9.78 Å². The molecule has 0 saturated carbocycles. The van der Waals surface area contributed by atoms with Gasteiger partial charge in [-0.3, -0.25) is 9.78 Å². The lowest BCUT2D eigenvalue weighted by Crippen LogP contribution is -2.27. The number of benzene rings is 1. The van der Waals surface area contributed by atoms with Gasteiger partial charge in [0.15, 0.2) is 5.76 Å². The Kier molecular flexibility index (Phi) is 4.56. The number of rotatable bonds is 5. The summed E-state index contributed by atoms with van der Waals surface area (Å²) in [5.74, 6) is -0.556. The predicted octanol–water partition coefficient (Wildman–Crippen LogP) is 2.93. The second-order valence-corrected chi connectivity index (χ2v) is 5.36. The van der Waals surface area contributed by atoms with E-state index in [1.807, 2.05) is 30.3 Å². The van der Waals surface area contributed by atoms with Crippen LogP contribution in [0.1, 0.15) is 39.7 Å². The Morgan fingerprint density at radius 3 is 2.48 bits per heavy atom. The monoisotopic (exact) mass is 337 g/mol. The first-order valence-electron chi connectivity index (χ1n) is 7.56. The molecule has 0 bridgehead atoms. The van der Waals surface area contributed by atoms with E-state index in [1.54, 1.807) is 13.1 Å². The van der Waals surface area contributed by atoms with Gasteiger partial charge in [-0.05, 0) is 19.1 Å². The maximum atomic E-state index is 12.2. The SMILES string of the molecule is CC(NC(=O)c1ccc(C(=O)O)cn1)c1ncc(-c2ccccc2)o1. The van der Waals surface area contributed by atoms with Gasteiger partial charge in [-0.2, -0.15) is 0 Å². The van der Waals surface area contributed by atoms with Crippen molar-refractivity contribution in [1.29, 1.82) is 0 Å². The number of aromatic carboxylic acids is 1. The van der Waals surface area contributed by atoms with Gasteiger partial charge in [0.05, 0.1) is 11.8 Å². The van der Waals surface area contributed by atoms with E-state index in [0.29, 0.717) is 11.7 Å². The first kappa shape index (κ1) is 16.4. The summed E-state index contributed by atoms with van der Waals surface area (Å²) < 4.78 is 5.69. The first-order valence-corrected chi connectivity index (χ1v) is 7.56. The van der Waals surface area contributed by atoms with E-state index in [-0.39, 0.29) is 11.3 Å². The molecule has 1 atom stereocenters. The summed E-state index contributed by atoms with van der Waals surface area (Å²) in [6.45, 7) is 1.74. The fourth-order valence-electron chi connectivity index (χ4n) is 2.21. The number of nitrogens with one attached hydrogen (secondary N) is 1. The zero-order valence-electron chi connectivity index (χ0n) is 13.3. The van der Waals surface area contributed by atoms with Crippen molar-refractivity contribution in [3.63, 3.8) is 0 Å². The highest BCUT2D eigenvalue weighted by molar-refractivity contribution is 5.93. The van der Waals surface area contributed by atoms with Gasteiger partial charge >= 0.3 is 5.97 Å². The van der Waals surface area contributed by atoms with Crippen molar-refractivity contribution in [2.45, 2.75) is 13.0 Å². The van der Waals surface area contributed by atoms with Crippen LogP contribution in [0.3, 0.4) is 0 Å². The van der Waals surface area contributed by atoms with Crippen LogP contribution in [0.25, 0.3) is 11.3 Å². The molecule has 0 aliphatic carbocycles. The molecule has 0 spiro atoms. The smallest absolute Gasteiger partial charge is 0.337 e. The van der Waals surface area contributed by atoms with Crippen molar-refractivity contribution in [2.24, 2.45) is 0 Å². The molecule has 1 aromatic carbocycles. The molecule has 0 fully saturated rings. The third kappa shape index (κ3) is 3.72. The normalized spacial score (nSPS) is 11.7. The molecular formula is C18H15N3O4. The molecule has 1 unspecified atom stereocenters. The highest BCUT2D eigenvalue weighted by atomic mass is 16.4. The maximum Gasteiger partial charge on any atom is 0.337 e. The van der Waals surface area contributed by atoms with Crippen molar-refractivity contribution >= 4 is 11.9 Å². The summed E-state index contributed by atoms with van der Waals surface area (Å²) in [4.78, 5) is 31.1. The van der Waals surface area contributed by atoms with Crippen molar-refractivity contribution in [1.82, 2.24) is 15.3 Å². The number of carbonyl (C=O) groups excluding carboxylic acids is 1. The Hall–Kier alpha value is -3.48. The third-order valence-electron chi connectivity index (χ3n) is 3.54. The average molecular weight is 337 g/mol. The van der Waals surface area contributed by atoms with Crippen LogP contribution in [0, 0.1) is 0 Å². The van der Waals surface area contributed by atoms with E-state index < -0.39 is 17.9 Å². The van der Waals surface area contributed by atoms with Crippen molar-refractivity contribution in [2.75, 3.05) is 0 Å². The molecule has 2 N–H and O–H groups in total. The van der Waals surface area contributed by atoms with Gasteiger partial charge in [-0.1, -0.05) is 30.3 Å². The molecule has 0 aliphatic rings. The van der Waals surface area contributed by atoms with Crippen LogP contribution in [-0.4, -0.2) is 27.0 Å². The fraction of sp³-hybridized carbons (Fsp3) is 0.111. The van der Waals surface area contributed by atoms with Gasteiger partial charge < -0.3 is 14.8 Å². The van der Waals surface area contributed by atoms with Crippen LogP contribution in [0.5, 0.6) is 0 Å². The molecular weight excluding hydrogens is 322 g/mol. The van der Waals surface area contributed by atoms with Crippen LogP contribution in [-0.2, 0) is 0 Å². The summed E-state index contributed by atoms with van der Waals surface area (Å²) >= 11 is 0. The van der Waals surface area contributed by atoms with Gasteiger partial charge in [0, 0.05) is 11.8 Å². The quantitative estimate of drug-likeness (QED) is 0.741. The van der Waals surface area contributed by atoms with E-state index in [9.17, 15) is 9.59 Å². The second kappa shape index (κ2) is 6.96. The molecule has 25 heavy (non-hydrogen) atoms. The van der Waals surface area contributed by atoms with Crippen molar-refractivity contribution in [3.8, 4) is 11.3 Å². The number of carboxylic acids is 1. The first-order chi connectivity index (χ1) is 12.0. The fourth-order valence-corrected chi connectivity index (χ4v) is 2.21. The molecule has 7 nitrogen and oxygen atoms in total. The van der Waals surface area contributed by atoms with Crippen LogP contribution in [0.2, 0.25) is 0 Å². The molecule has 0 radical (unpaired) electrons. The molecule has 1 amide bonds. The molecule has 0 saturated heterocycles. The Bertz CT molecular complexity index is 888. The van der Waals surface area contributed by atoms with E-state index in [4.69, 9.17) is 9.52 Å². The maximum absolute atomic E-state index is 12.2. The van der Waals surface area contributed by atoms with Crippen LogP contribution >= 0.6 is 0 Å². The van der Waals surface area contributed by atoms with Crippen LogP contribution in [0.4, 0.5) is 0 Å². The summed E-state index contributed by atoms with van der Waals surface area (Å²) in [5.41, 5.74) is 1.03. The molecule has 7 heteroatoms. The molecule has 2 heterocycles. The largest absolute Gasteiger partial charge is 0.478 e. The molecule has 2 aromatic heterocycles. The highest BCUT2D eigenvalue weighted by Crippen LogP contribution is 2.22. The lowest BCUT2D eigenvalue weighted by Gasteiger charge is -2.10. The summed E-state index contributed by atoms with van der Waals surface area (Å²) in [6.07, 6.45) is 2.74. The van der Waals surface area contributed by atoms with Crippen molar-refractivity contribution in [3.05, 3.63) is 72.0 Å². The minimum atomic E-state index is -1.10. The third-order valence-corrected chi connectivity index (χ3v) is 3.54. The Morgan fingerprint density at radius 1 is 1.08 bits per heavy atom. The number of nitrogens with zero attached hydrogens (tertiary/aromatic N) is 2. The number of carboxylic acid groups (broad SMARTS) is 1.